The third kappa shape index (κ3) is 4.50. The molecule has 1 aliphatic rings. The zero-order valence-corrected chi connectivity index (χ0v) is 14.6. The van der Waals surface area contributed by atoms with Crippen molar-refractivity contribution >= 4 is 16.7 Å². The van der Waals surface area contributed by atoms with Gasteiger partial charge < -0.3 is 10.1 Å². The minimum absolute atomic E-state index is 0.432. The Hall–Kier alpha value is -1.50. The molecule has 2 atom stereocenters. The standard InChI is InChI=1S/C17H24N4OS/c1-13-10-21(11-14-6-4-3-5-7-14)12-15(13)18-17-19-16(20-23-17)8-9-22-2/h3-7,13,15H,8-12H2,1-2H3,(H,18,19,20). The van der Waals surface area contributed by atoms with E-state index < -0.39 is 0 Å². The van der Waals surface area contributed by atoms with Gasteiger partial charge in [0.2, 0.25) is 5.13 Å². The van der Waals surface area contributed by atoms with Gasteiger partial charge in [0.25, 0.3) is 0 Å². The lowest BCUT2D eigenvalue weighted by Gasteiger charge is -2.16. The molecule has 0 radical (unpaired) electrons. The van der Waals surface area contributed by atoms with Crippen molar-refractivity contribution in [2.75, 3.05) is 32.1 Å². The number of aromatic nitrogens is 2. The van der Waals surface area contributed by atoms with Crippen molar-refractivity contribution in [3.8, 4) is 0 Å². The molecule has 0 amide bonds. The van der Waals surface area contributed by atoms with Crippen LogP contribution in [0.2, 0.25) is 0 Å². The van der Waals surface area contributed by atoms with Crippen LogP contribution >= 0.6 is 11.5 Å². The minimum atomic E-state index is 0.432. The number of ether oxygens (including phenoxy) is 1. The van der Waals surface area contributed by atoms with Crippen LogP contribution in [0, 0.1) is 5.92 Å². The van der Waals surface area contributed by atoms with Crippen molar-refractivity contribution in [2.24, 2.45) is 5.92 Å². The second kappa shape index (κ2) is 7.86. The average Bonchev–Trinajstić information content (AvgIpc) is 3.14. The molecule has 0 aliphatic carbocycles. The Morgan fingerprint density at radius 3 is 2.91 bits per heavy atom. The fourth-order valence-corrected chi connectivity index (χ4v) is 3.67. The van der Waals surface area contributed by atoms with E-state index in [0.29, 0.717) is 18.6 Å². The molecule has 2 unspecified atom stereocenters. The number of benzene rings is 1. The normalized spacial score (nSPS) is 21.7. The average molecular weight is 332 g/mol. The number of nitrogens with zero attached hydrogens (tertiary/aromatic N) is 3. The lowest BCUT2D eigenvalue weighted by Crippen LogP contribution is -2.27. The van der Waals surface area contributed by atoms with Crippen molar-refractivity contribution < 1.29 is 4.74 Å². The summed E-state index contributed by atoms with van der Waals surface area (Å²) >= 11 is 1.45. The highest BCUT2D eigenvalue weighted by Crippen LogP contribution is 2.23. The van der Waals surface area contributed by atoms with Crippen LogP contribution in [0.4, 0.5) is 5.13 Å². The predicted octanol–water partition coefficient (Wildman–Crippen LogP) is 2.66. The van der Waals surface area contributed by atoms with Crippen LogP contribution in [0.15, 0.2) is 30.3 Å². The molecule has 1 aromatic heterocycles. The molecule has 124 valence electrons. The Morgan fingerprint density at radius 1 is 1.30 bits per heavy atom. The summed E-state index contributed by atoms with van der Waals surface area (Å²) in [4.78, 5) is 7.06. The third-order valence-corrected chi connectivity index (χ3v) is 4.93. The van der Waals surface area contributed by atoms with Gasteiger partial charge in [0.15, 0.2) is 0 Å². The number of likely N-dealkylation sites (tertiary alicyclic amines) is 1. The Morgan fingerprint density at radius 2 is 2.13 bits per heavy atom. The molecular weight excluding hydrogens is 308 g/mol. The van der Waals surface area contributed by atoms with E-state index in [-0.39, 0.29) is 0 Å². The molecule has 2 heterocycles. The van der Waals surface area contributed by atoms with E-state index in [2.05, 4.69) is 56.8 Å². The quantitative estimate of drug-likeness (QED) is 0.845. The van der Waals surface area contributed by atoms with Gasteiger partial charge in [-0.1, -0.05) is 37.3 Å². The third-order valence-electron chi connectivity index (χ3n) is 4.24. The Bertz CT molecular complexity index is 604. The van der Waals surface area contributed by atoms with Gasteiger partial charge in [-0.3, -0.25) is 4.90 Å². The molecule has 0 spiro atoms. The van der Waals surface area contributed by atoms with Crippen LogP contribution in [0.25, 0.3) is 0 Å². The van der Waals surface area contributed by atoms with Crippen LogP contribution in [0.3, 0.4) is 0 Å². The van der Waals surface area contributed by atoms with Crippen LogP contribution in [0.1, 0.15) is 18.3 Å². The number of nitrogens with one attached hydrogen (secondary N) is 1. The van der Waals surface area contributed by atoms with Gasteiger partial charge in [-0.15, -0.1) is 0 Å². The molecule has 1 fully saturated rings. The highest BCUT2D eigenvalue weighted by molar-refractivity contribution is 7.09. The largest absolute Gasteiger partial charge is 0.384 e. The Labute approximate surface area is 141 Å². The summed E-state index contributed by atoms with van der Waals surface area (Å²) < 4.78 is 9.46. The van der Waals surface area contributed by atoms with Crippen molar-refractivity contribution in [1.82, 2.24) is 14.3 Å². The van der Waals surface area contributed by atoms with Crippen molar-refractivity contribution in [3.63, 3.8) is 0 Å². The number of methoxy groups -OCH3 is 1. The fourth-order valence-electron chi connectivity index (χ4n) is 2.99. The predicted molar refractivity (Wildman–Crippen MR) is 93.8 cm³/mol. The monoisotopic (exact) mass is 332 g/mol. The van der Waals surface area contributed by atoms with Crippen LogP contribution in [-0.2, 0) is 17.7 Å². The molecule has 1 saturated heterocycles. The van der Waals surface area contributed by atoms with Gasteiger partial charge in [0, 0.05) is 50.7 Å². The van der Waals surface area contributed by atoms with Gasteiger partial charge in [-0.05, 0) is 11.5 Å². The van der Waals surface area contributed by atoms with Crippen LogP contribution < -0.4 is 5.32 Å². The Balaban J connectivity index is 1.53. The molecule has 6 heteroatoms. The van der Waals surface area contributed by atoms with E-state index in [4.69, 9.17) is 4.74 Å². The Kier molecular flexibility index (Phi) is 5.59. The summed E-state index contributed by atoms with van der Waals surface area (Å²) in [6.45, 7) is 6.14. The van der Waals surface area contributed by atoms with Gasteiger partial charge in [-0.25, -0.2) is 4.98 Å². The summed E-state index contributed by atoms with van der Waals surface area (Å²) in [6, 6.07) is 11.1. The van der Waals surface area contributed by atoms with Crippen LogP contribution in [-0.4, -0.2) is 47.1 Å². The van der Waals surface area contributed by atoms with Gasteiger partial charge in [-0.2, -0.15) is 4.37 Å². The summed E-state index contributed by atoms with van der Waals surface area (Å²) in [6.07, 6.45) is 0.773. The van der Waals surface area contributed by atoms with E-state index in [1.807, 2.05) is 0 Å². The van der Waals surface area contributed by atoms with E-state index >= 15 is 0 Å². The lowest BCUT2D eigenvalue weighted by molar-refractivity contribution is 0.201. The molecule has 2 aromatic rings. The summed E-state index contributed by atoms with van der Waals surface area (Å²) in [7, 11) is 1.70. The second-order valence-corrected chi connectivity index (χ2v) is 6.92. The molecule has 1 aromatic carbocycles. The molecule has 1 N–H and O–H groups in total. The number of rotatable bonds is 7. The first kappa shape index (κ1) is 16.4. The van der Waals surface area contributed by atoms with Gasteiger partial charge >= 0.3 is 0 Å². The maximum atomic E-state index is 5.07. The van der Waals surface area contributed by atoms with Crippen molar-refractivity contribution in [3.05, 3.63) is 41.7 Å². The smallest absolute Gasteiger partial charge is 0.202 e. The first-order chi connectivity index (χ1) is 11.2. The van der Waals surface area contributed by atoms with Crippen molar-refractivity contribution in [1.29, 1.82) is 0 Å². The summed E-state index contributed by atoms with van der Waals surface area (Å²) in [5.74, 6) is 1.47. The van der Waals surface area contributed by atoms with E-state index in [9.17, 15) is 0 Å². The second-order valence-electron chi connectivity index (χ2n) is 6.17. The topological polar surface area (TPSA) is 50.3 Å². The van der Waals surface area contributed by atoms with Gasteiger partial charge in [0.05, 0.1) is 6.61 Å². The highest BCUT2D eigenvalue weighted by atomic mass is 32.1. The summed E-state index contributed by atoms with van der Waals surface area (Å²) in [5, 5.41) is 4.49. The van der Waals surface area contributed by atoms with E-state index in [1.165, 1.54) is 17.1 Å². The van der Waals surface area contributed by atoms with E-state index in [0.717, 1.165) is 37.0 Å². The first-order valence-corrected chi connectivity index (χ1v) is 8.86. The molecular formula is C17H24N4OS. The maximum Gasteiger partial charge on any atom is 0.202 e. The number of hydrogen-bond donors (Lipinski definition) is 1. The SMILES string of the molecule is COCCc1nsc(NC2CN(Cc3ccccc3)CC2C)n1. The number of anilines is 1. The van der Waals surface area contributed by atoms with Crippen LogP contribution in [0.5, 0.6) is 0 Å². The molecule has 3 rings (SSSR count). The molecule has 5 nitrogen and oxygen atoms in total. The zero-order valence-electron chi connectivity index (χ0n) is 13.7. The first-order valence-electron chi connectivity index (χ1n) is 8.09. The highest BCUT2D eigenvalue weighted by Gasteiger charge is 2.30. The lowest BCUT2D eigenvalue weighted by atomic mass is 10.1. The summed E-state index contributed by atoms with van der Waals surface area (Å²) in [5.41, 5.74) is 1.37. The minimum Gasteiger partial charge on any atom is -0.384 e. The molecule has 1 aliphatic heterocycles. The fraction of sp³-hybridized carbons (Fsp3) is 0.529. The van der Waals surface area contributed by atoms with Crippen molar-refractivity contribution in [2.45, 2.75) is 25.9 Å². The maximum absolute atomic E-state index is 5.07. The molecule has 0 bridgehead atoms. The number of hydrogen-bond acceptors (Lipinski definition) is 6. The molecule has 23 heavy (non-hydrogen) atoms. The van der Waals surface area contributed by atoms with Gasteiger partial charge in [0.1, 0.15) is 5.82 Å². The molecule has 0 saturated carbocycles. The van der Waals surface area contributed by atoms with E-state index in [1.54, 1.807) is 7.11 Å². The zero-order chi connectivity index (χ0) is 16.1.